The van der Waals surface area contributed by atoms with Gasteiger partial charge in [-0.2, -0.15) is 0 Å². The van der Waals surface area contributed by atoms with Gasteiger partial charge in [0.25, 0.3) is 0 Å². The summed E-state index contributed by atoms with van der Waals surface area (Å²) in [5, 5.41) is 0. The summed E-state index contributed by atoms with van der Waals surface area (Å²) in [7, 11) is 0. The van der Waals surface area contributed by atoms with Crippen LogP contribution in [-0.2, 0) is 6.42 Å². The Labute approximate surface area is 77.2 Å². The fraction of sp³-hybridized carbons (Fsp3) is 0.300. The van der Waals surface area contributed by atoms with Crippen molar-refractivity contribution in [2.45, 2.75) is 13.3 Å². The van der Waals surface area contributed by atoms with Crippen molar-refractivity contribution in [3.05, 3.63) is 35.9 Å². The molecule has 0 aliphatic carbocycles. The number of aromatic nitrogens is 2. The highest BCUT2D eigenvalue weighted by Gasteiger charge is 2.05. The largest absolute Gasteiger partial charge is 0.330 e. The summed E-state index contributed by atoms with van der Waals surface area (Å²) in [6.45, 7) is 2.66. The maximum atomic E-state index is 5.51. The zero-order chi connectivity index (χ0) is 9.26. The summed E-state index contributed by atoms with van der Waals surface area (Å²) < 4.78 is 2.09. The van der Waals surface area contributed by atoms with Gasteiger partial charge in [-0.1, -0.05) is 6.07 Å². The minimum Gasteiger partial charge on any atom is -0.330 e. The molecule has 0 saturated carbocycles. The van der Waals surface area contributed by atoms with Crippen molar-refractivity contribution >= 4 is 5.52 Å². The summed E-state index contributed by atoms with van der Waals surface area (Å²) in [4.78, 5) is 4.46. The van der Waals surface area contributed by atoms with Gasteiger partial charge in [-0.25, -0.2) is 4.98 Å². The molecule has 13 heavy (non-hydrogen) atoms. The van der Waals surface area contributed by atoms with Gasteiger partial charge in [-0.15, -0.1) is 0 Å². The van der Waals surface area contributed by atoms with Crippen LogP contribution in [0.15, 0.2) is 24.4 Å². The third kappa shape index (κ3) is 1.31. The number of hydrogen-bond acceptors (Lipinski definition) is 2. The zero-order valence-corrected chi connectivity index (χ0v) is 7.70. The number of imidazole rings is 1. The molecular weight excluding hydrogens is 162 g/mol. The molecule has 0 aliphatic rings. The Morgan fingerprint density at radius 3 is 3.08 bits per heavy atom. The van der Waals surface area contributed by atoms with Gasteiger partial charge >= 0.3 is 0 Å². The van der Waals surface area contributed by atoms with Gasteiger partial charge in [0.15, 0.2) is 0 Å². The maximum absolute atomic E-state index is 5.51. The summed E-state index contributed by atoms with van der Waals surface area (Å²) in [5.41, 5.74) is 7.78. The van der Waals surface area contributed by atoms with Gasteiger partial charge in [-0.3, -0.25) is 0 Å². The lowest BCUT2D eigenvalue weighted by molar-refractivity contribution is 0.933. The van der Waals surface area contributed by atoms with Crippen LogP contribution in [-0.4, -0.2) is 15.9 Å². The number of hydrogen-bond donors (Lipinski definition) is 1. The van der Waals surface area contributed by atoms with Crippen molar-refractivity contribution in [3.63, 3.8) is 0 Å². The van der Waals surface area contributed by atoms with E-state index in [-0.39, 0.29) is 0 Å². The fourth-order valence-corrected chi connectivity index (χ4v) is 1.59. The molecule has 0 fully saturated rings. The van der Waals surface area contributed by atoms with Gasteiger partial charge in [0.05, 0.1) is 11.2 Å². The van der Waals surface area contributed by atoms with Gasteiger partial charge in [-0.05, 0) is 25.6 Å². The van der Waals surface area contributed by atoms with E-state index in [0.717, 1.165) is 17.9 Å². The Morgan fingerprint density at radius 2 is 2.31 bits per heavy atom. The van der Waals surface area contributed by atoms with E-state index < -0.39 is 0 Å². The molecule has 2 rings (SSSR count). The molecule has 2 aromatic rings. The summed E-state index contributed by atoms with van der Waals surface area (Å²) >= 11 is 0. The number of nitrogens with two attached hydrogens (primary N) is 1. The molecule has 3 nitrogen and oxygen atoms in total. The summed E-state index contributed by atoms with van der Waals surface area (Å²) in [6, 6.07) is 6.11. The lowest BCUT2D eigenvalue weighted by atomic mass is 10.2. The van der Waals surface area contributed by atoms with Crippen LogP contribution >= 0.6 is 0 Å². The van der Waals surface area contributed by atoms with Crippen molar-refractivity contribution in [1.29, 1.82) is 0 Å². The van der Waals surface area contributed by atoms with E-state index >= 15 is 0 Å². The number of fused-ring (bicyclic) bond motifs is 1. The highest BCUT2D eigenvalue weighted by Crippen LogP contribution is 2.12. The first-order valence-corrected chi connectivity index (χ1v) is 4.45. The van der Waals surface area contributed by atoms with Crippen LogP contribution in [0.2, 0.25) is 0 Å². The third-order valence-corrected chi connectivity index (χ3v) is 2.18. The second kappa shape index (κ2) is 3.18. The number of rotatable bonds is 2. The molecule has 2 aromatic heterocycles. The van der Waals surface area contributed by atoms with Crippen LogP contribution < -0.4 is 5.73 Å². The minimum atomic E-state index is 0.654. The lowest BCUT2D eigenvalue weighted by Gasteiger charge is -1.95. The van der Waals surface area contributed by atoms with Gasteiger partial charge < -0.3 is 10.1 Å². The molecule has 0 aliphatic heterocycles. The maximum Gasteiger partial charge on any atom is 0.110 e. The van der Waals surface area contributed by atoms with E-state index in [1.54, 1.807) is 0 Å². The van der Waals surface area contributed by atoms with Crippen LogP contribution in [0.1, 0.15) is 11.5 Å². The predicted octanol–water partition coefficient (Wildman–Crippen LogP) is 1.14. The zero-order valence-electron chi connectivity index (χ0n) is 7.70. The van der Waals surface area contributed by atoms with E-state index in [0.29, 0.717) is 6.54 Å². The monoisotopic (exact) mass is 175 g/mol. The van der Waals surface area contributed by atoms with E-state index in [1.165, 1.54) is 5.52 Å². The van der Waals surface area contributed by atoms with E-state index in [4.69, 9.17) is 5.73 Å². The smallest absolute Gasteiger partial charge is 0.110 e. The molecule has 0 radical (unpaired) electrons. The highest BCUT2D eigenvalue weighted by atomic mass is 15.0. The predicted molar refractivity (Wildman–Crippen MR) is 52.7 cm³/mol. The first-order chi connectivity index (χ1) is 6.33. The van der Waals surface area contributed by atoms with Crippen molar-refractivity contribution in [2.24, 2.45) is 5.73 Å². The Morgan fingerprint density at radius 1 is 1.46 bits per heavy atom. The molecule has 0 unspecified atom stereocenters. The van der Waals surface area contributed by atoms with Crippen LogP contribution in [0, 0.1) is 6.92 Å². The fourth-order valence-electron chi connectivity index (χ4n) is 1.59. The molecule has 68 valence electrons. The molecule has 0 saturated heterocycles. The average Bonchev–Trinajstić information content (AvgIpc) is 2.46. The SMILES string of the molecule is Cc1nc(CCN)c2ccccn12. The van der Waals surface area contributed by atoms with Gasteiger partial charge in [0.2, 0.25) is 0 Å². The van der Waals surface area contributed by atoms with Crippen molar-refractivity contribution in [3.8, 4) is 0 Å². The molecule has 0 spiro atoms. The van der Waals surface area contributed by atoms with Crippen molar-refractivity contribution in [2.75, 3.05) is 6.54 Å². The summed E-state index contributed by atoms with van der Waals surface area (Å²) in [5.74, 6) is 1.03. The number of pyridine rings is 1. The Bertz CT molecular complexity index is 417. The van der Waals surface area contributed by atoms with E-state index in [2.05, 4.69) is 15.5 Å². The standard InChI is InChI=1S/C10H13N3/c1-8-12-9(5-6-11)10-4-2-3-7-13(8)10/h2-4,7H,5-6,11H2,1H3. The lowest BCUT2D eigenvalue weighted by Crippen LogP contribution is -2.03. The number of aryl methyl sites for hydroxylation is 1. The van der Waals surface area contributed by atoms with Crippen molar-refractivity contribution < 1.29 is 0 Å². The van der Waals surface area contributed by atoms with Gasteiger partial charge in [0.1, 0.15) is 5.82 Å². The molecule has 2 N–H and O–H groups in total. The normalized spacial score (nSPS) is 10.9. The van der Waals surface area contributed by atoms with Gasteiger partial charge in [0, 0.05) is 12.6 Å². The van der Waals surface area contributed by atoms with E-state index in [9.17, 15) is 0 Å². The summed E-state index contributed by atoms with van der Waals surface area (Å²) in [6.07, 6.45) is 2.87. The van der Waals surface area contributed by atoms with Crippen molar-refractivity contribution in [1.82, 2.24) is 9.38 Å². The molecule has 2 heterocycles. The number of nitrogens with zero attached hydrogens (tertiary/aromatic N) is 2. The third-order valence-electron chi connectivity index (χ3n) is 2.18. The Hall–Kier alpha value is -1.35. The molecule has 3 heteroatoms. The molecular formula is C10H13N3. The Balaban J connectivity index is 2.63. The minimum absolute atomic E-state index is 0.654. The van der Waals surface area contributed by atoms with Crippen LogP contribution in [0.4, 0.5) is 0 Å². The second-order valence-corrected chi connectivity index (χ2v) is 3.10. The molecule has 0 aromatic carbocycles. The van der Waals surface area contributed by atoms with E-state index in [1.807, 2.05) is 25.3 Å². The van der Waals surface area contributed by atoms with Crippen LogP contribution in [0.3, 0.4) is 0 Å². The first kappa shape index (κ1) is 8.26. The Kier molecular flexibility index (Phi) is 2.02. The molecule has 0 atom stereocenters. The first-order valence-electron chi connectivity index (χ1n) is 4.45. The molecule has 0 bridgehead atoms. The topological polar surface area (TPSA) is 43.3 Å². The average molecular weight is 175 g/mol. The molecule has 0 amide bonds. The highest BCUT2D eigenvalue weighted by molar-refractivity contribution is 5.53. The second-order valence-electron chi connectivity index (χ2n) is 3.10. The quantitative estimate of drug-likeness (QED) is 0.744. The van der Waals surface area contributed by atoms with Crippen LogP contribution in [0.25, 0.3) is 5.52 Å². The van der Waals surface area contributed by atoms with Crippen LogP contribution in [0.5, 0.6) is 0 Å².